The summed E-state index contributed by atoms with van der Waals surface area (Å²) in [6, 6.07) is 12.4. The number of hydrogen-bond donors (Lipinski definition) is 1. The smallest absolute Gasteiger partial charge is 0.248 e. The highest BCUT2D eigenvalue weighted by Gasteiger charge is 2.20. The lowest BCUT2D eigenvalue weighted by molar-refractivity contribution is -0.135. The first-order valence-electron chi connectivity index (χ1n) is 12.7. The van der Waals surface area contributed by atoms with Crippen molar-refractivity contribution in [2.45, 2.75) is 63.6 Å². The van der Waals surface area contributed by atoms with Gasteiger partial charge >= 0.3 is 0 Å². The highest BCUT2D eigenvalue weighted by molar-refractivity contribution is 7.82. The predicted molar refractivity (Wildman–Crippen MR) is 144 cm³/mol. The van der Waals surface area contributed by atoms with Gasteiger partial charge in [0.25, 0.3) is 0 Å². The van der Waals surface area contributed by atoms with E-state index in [-0.39, 0.29) is 18.3 Å². The number of phenolic OH excluding ortho intramolecular Hbond substituents is 1. The van der Waals surface area contributed by atoms with Crippen LogP contribution in [0.5, 0.6) is 5.75 Å². The number of ether oxygens (including phenoxy) is 1. The van der Waals surface area contributed by atoms with E-state index in [1.165, 1.54) is 31.2 Å². The number of nitrogens with zero attached hydrogens (tertiary/aromatic N) is 3. The van der Waals surface area contributed by atoms with Gasteiger partial charge in [0.2, 0.25) is 5.91 Å². The van der Waals surface area contributed by atoms with Gasteiger partial charge in [0, 0.05) is 39.8 Å². The molecule has 1 atom stereocenters. The molecule has 7 nitrogen and oxygen atoms in total. The van der Waals surface area contributed by atoms with Crippen LogP contribution in [0.25, 0.3) is 0 Å². The predicted octanol–water partition coefficient (Wildman–Crippen LogP) is 4.01. The molecule has 1 amide bonds. The summed E-state index contributed by atoms with van der Waals surface area (Å²) < 4.78 is 20.2. The molecule has 0 bridgehead atoms. The van der Waals surface area contributed by atoms with Crippen molar-refractivity contribution in [1.82, 2.24) is 14.1 Å². The summed E-state index contributed by atoms with van der Waals surface area (Å²) in [7, 11) is 4.38. The van der Waals surface area contributed by atoms with E-state index in [1.807, 2.05) is 13.8 Å². The van der Waals surface area contributed by atoms with Gasteiger partial charge in [-0.3, -0.25) is 9.69 Å². The maximum Gasteiger partial charge on any atom is 0.248 e. The number of carbonyl (C=O) groups excluding carboxylic acids is 1. The Morgan fingerprint density at radius 2 is 1.56 bits per heavy atom. The zero-order chi connectivity index (χ0) is 26.2. The molecule has 1 unspecified atom stereocenters. The lowest BCUT2D eigenvalue weighted by Crippen LogP contribution is -2.32. The maximum absolute atomic E-state index is 12.9. The second kappa shape index (κ2) is 13.3. The normalized spacial score (nSPS) is 15.1. The average molecular weight is 516 g/mol. The molecule has 0 radical (unpaired) electrons. The molecule has 0 saturated heterocycles. The average Bonchev–Trinajstić information content (AvgIpc) is 3.37. The third kappa shape index (κ3) is 7.87. The van der Waals surface area contributed by atoms with Crippen molar-refractivity contribution < 1.29 is 18.8 Å². The lowest BCUT2D eigenvalue weighted by atomic mass is 10.1. The van der Waals surface area contributed by atoms with E-state index in [0.717, 1.165) is 23.2 Å². The second-order valence-electron chi connectivity index (χ2n) is 9.98. The lowest BCUT2D eigenvalue weighted by Gasteiger charge is -2.24. The van der Waals surface area contributed by atoms with E-state index in [0.29, 0.717) is 30.6 Å². The molecule has 8 heteroatoms. The van der Waals surface area contributed by atoms with Gasteiger partial charge < -0.3 is 14.7 Å². The Morgan fingerprint density at radius 3 is 2.14 bits per heavy atom. The van der Waals surface area contributed by atoms with Gasteiger partial charge in [0.1, 0.15) is 23.3 Å². The summed E-state index contributed by atoms with van der Waals surface area (Å²) in [6.07, 6.45) is 5.28. The summed E-state index contributed by atoms with van der Waals surface area (Å²) in [6.45, 7) is 5.85. The molecule has 198 valence electrons. The molecule has 3 rings (SSSR count). The van der Waals surface area contributed by atoms with Crippen molar-refractivity contribution in [2.24, 2.45) is 0 Å². The summed E-state index contributed by atoms with van der Waals surface area (Å²) >= 11 is 0. The number of aryl methyl sites for hydroxylation is 2. The minimum atomic E-state index is -1.37. The van der Waals surface area contributed by atoms with Gasteiger partial charge in [0.15, 0.2) is 0 Å². The minimum Gasteiger partial charge on any atom is -0.508 e. The van der Waals surface area contributed by atoms with Gasteiger partial charge in [-0.05, 0) is 68.1 Å². The number of aromatic hydroxyl groups is 1. The molecule has 1 fully saturated rings. The van der Waals surface area contributed by atoms with Crippen LogP contribution in [-0.4, -0.2) is 76.3 Å². The maximum atomic E-state index is 12.9. The topological polar surface area (TPSA) is 73.3 Å². The largest absolute Gasteiger partial charge is 0.508 e. The van der Waals surface area contributed by atoms with E-state index in [1.54, 1.807) is 35.4 Å². The summed E-state index contributed by atoms with van der Waals surface area (Å²) in [5.74, 6) is 0.0799. The Hall–Kier alpha value is -2.26. The SMILES string of the molecule is Cc1cc(O)cc(C)c1S(=O)N(C)CCOCC(=O)N(C)Cc1ccc(CN(C)C2CCCC2)cc1. The minimum absolute atomic E-state index is 0.0154. The molecular formula is C28H41N3O4S. The zero-order valence-electron chi connectivity index (χ0n) is 22.3. The zero-order valence-corrected chi connectivity index (χ0v) is 23.1. The molecule has 0 heterocycles. The highest BCUT2D eigenvalue weighted by atomic mass is 32.2. The number of amides is 1. The number of phenols is 1. The van der Waals surface area contributed by atoms with Crippen LogP contribution in [0.4, 0.5) is 0 Å². The summed E-state index contributed by atoms with van der Waals surface area (Å²) in [4.78, 5) is 17.3. The third-order valence-electron chi connectivity index (χ3n) is 6.93. The molecule has 0 spiro atoms. The molecule has 1 saturated carbocycles. The van der Waals surface area contributed by atoms with Gasteiger partial charge in [-0.25, -0.2) is 8.51 Å². The Balaban J connectivity index is 1.39. The van der Waals surface area contributed by atoms with Crippen LogP contribution in [-0.2, 0) is 33.6 Å². The van der Waals surface area contributed by atoms with Crippen LogP contribution in [0.2, 0.25) is 0 Å². The van der Waals surface area contributed by atoms with Crippen LogP contribution in [0, 0.1) is 13.8 Å². The Labute approximate surface area is 218 Å². The monoisotopic (exact) mass is 515 g/mol. The summed E-state index contributed by atoms with van der Waals surface area (Å²) in [5, 5.41) is 9.71. The van der Waals surface area contributed by atoms with Crippen molar-refractivity contribution in [2.75, 3.05) is 40.9 Å². The standard InChI is InChI=1S/C28H41N3O4S/c1-21-16-26(32)17-22(2)28(21)36(34)31(5)14-15-35-20-27(33)30(4)19-24-12-10-23(11-13-24)18-29(3)25-8-6-7-9-25/h10-13,16-17,25,32H,6-9,14-15,18-20H2,1-5H3. The Morgan fingerprint density at radius 1 is 1.00 bits per heavy atom. The van der Waals surface area contributed by atoms with E-state index in [2.05, 4.69) is 36.2 Å². The molecule has 1 aliphatic carbocycles. The Bertz CT molecular complexity index is 1010. The van der Waals surface area contributed by atoms with Crippen molar-refractivity contribution in [3.63, 3.8) is 0 Å². The molecule has 0 aliphatic heterocycles. The fourth-order valence-electron chi connectivity index (χ4n) is 4.78. The van der Waals surface area contributed by atoms with E-state index < -0.39 is 11.0 Å². The first kappa shape index (κ1) is 28.3. The molecule has 0 aromatic heterocycles. The first-order valence-corrected chi connectivity index (χ1v) is 13.8. The van der Waals surface area contributed by atoms with Crippen molar-refractivity contribution >= 4 is 16.9 Å². The third-order valence-corrected chi connectivity index (χ3v) is 8.67. The van der Waals surface area contributed by atoms with Crippen LogP contribution in [0.1, 0.15) is 47.9 Å². The number of likely N-dealkylation sites (N-methyl/N-ethyl adjacent to an activating group) is 2. The second-order valence-corrected chi connectivity index (χ2v) is 11.5. The fourth-order valence-corrected chi connectivity index (χ4v) is 6.00. The number of carbonyl (C=O) groups is 1. The van der Waals surface area contributed by atoms with Gasteiger partial charge in [-0.1, -0.05) is 37.1 Å². The van der Waals surface area contributed by atoms with Crippen LogP contribution in [0.15, 0.2) is 41.3 Å². The Kier molecular flexibility index (Phi) is 10.5. The molecule has 36 heavy (non-hydrogen) atoms. The van der Waals surface area contributed by atoms with E-state index in [4.69, 9.17) is 4.74 Å². The molecule has 2 aromatic carbocycles. The van der Waals surface area contributed by atoms with Crippen molar-refractivity contribution in [3.8, 4) is 5.75 Å². The van der Waals surface area contributed by atoms with E-state index in [9.17, 15) is 14.1 Å². The van der Waals surface area contributed by atoms with Gasteiger partial charge in [0.05, 0.1) is 11.5 Å². The highest BCUT2D eigenvalue weighted by Crippen LogP contribution is 2.25. The van der Waals surface area contributed by atoms with Crippen LogP contribution < -0.4 is 0 Å². The molecule has 1 N–H and O–H groups in total. The van der Waals surface area contributed by atoms with Crippen molar-refractivity contribution in [1.29, 1.82) is 0 Å². The quantitative estimate of drug-likeness (QED) is 0.433. The van der Waals surface area contributed by atoms with Crippen LogP contribution >= 0.6 is 0 Å². The first-order chi connectivity index (χ1) is 17.2. The fraction of sp³-hybridized carbons (Fsp3) is 0.536. The molecule has 1 aliphatic rings. The molecule has 2 aromatic rings. The van der Waals surface area contributed by atoms with Gasteiger partial charge in [-0.2, -0.15) is 0 Å². The molecular weight excluding hydrogens is 474 g/mol. The van der Waals surface area contributed by atoms with Crippen molar-refractivity contribution in [3.05, 3.63) is 58.7 Å². The number of hydrogen-bond acceptors (Lipinski definition) is 5. The summed E-state index contributed by atoms with van der Waals surface area (Å²) in [5.41, 5.74) is 3.95. The number of rotatable bonds is 12. The van der Waals surface area contributed by atoms with E-state index >= 15 is 0 Å². The van der Waals surface area contributed by atoms with Gasteiger partial charge in [-0.15, -0.1) is 0 Å². The van der Waals surface area contributed by atoms with Crippen LogP contribution in [0.3, 0.4) is 0 Å². The number of benzene rings is 2.